The number of hydrogen-bond donors (Lipinski definition) is 0. The Kier molecular flexibility index (Phi) is 16.1. The van der Waals surface area contributed by atoms with Crippen LogP contribution in [0.15, 0.2) is 43.2 Å². The van der Waals surface area contributed by atoms with Gasteiger partial charge in [0, 0.05) is 17.7 Å². The molecule has 0 N–H and O–H groups in total. The lowest BCUT2D eigenvalue weighted by Gasteiger charge is -1.71. The van der Waals surface area contributed by atoms with E-state index in [0.29, 0.717) is 0 Å². The molecule has 0 aliphatic rings. The third-order valence-electron chi connectivity index (χ3n) is 0.880. The summed E-state index contributed by atoms with van der Waals surface area (Å²) in [5.74, 6) is 0. The molecule has 12 heavy (non-hydrogen) atoms. The van der Waals surface area contributed by atoms with Crippen LogP contribution in [0, 0.1) is 0 Å². The highest BCUT2D eigenvalue weighted by Crippen LogP contribution is 1.84. The highest BCUT2D eigenvalue weighted by molar-refractivity contribution is 9.09. The zero-order chi connectivity index (χ0) is 8.36. The van der Waals surface area contributed by atoms with Crippen LogP contribution >= 0.6 is 32.9 Å². The molecule has 0 unspecified atom stereocenters. The Balaban J connectivity index is 0. The van der Waals surface area contributed by atoms with Crippen LogP contribution in [-0.2, 0) is 0 Å². The van der Waals surface area contributed by atoms with Crippen LogP contribution in [0.1, 0.15) is 6.42 Å². The summed E-state index contributed by atoms with van der Waals surface area (Å²) in [5.41, 5.74) is 0. The van der Waals surface area contributed by atoms with E-state index in [2.05, 4.69) is 27.5 Å². The predicted octanol–water partition coefficient (Wildman–Crippen LogP) is 3.62. The van der Waals surface area contributed by atoms with Gasteiger partial charge in [0.15, 0.2) is 0 Å². The van der Waals surface area contributed by atoms with Crippen molar-refractivity contribution in [3.63, 3.8) is 0 Å². The van der Waals surface area contributed by atoms with Crippen molar-refractivity contribution in [1.82, 2.24) is 4.98 Å². The van der Waals surface area contributed by atoms with Gasteiger partial charge in [0.2, 0.25) is 0 Å². The SMILES string of the molecule is Br.C=CCCBr.c1ccncc1. The monoisotopic (exact) mass is 293 g/mol. The number of aromatic nitrogens is 1. The lowest BCUT2D eigenvalue weighted by Crippen LogP contribution is -1.58. The highest BCUT2D eigenvalue weighted by atomic mass is 79.9. The topological polar surface area (TPSA) is 12.9 Å². The Morgan fingerprint density at radius 1 is 1.25 bits per heavy atom. The highest BCUT2D eigenvalue weighted by Gasteiger charge is 1.63. The number of rotatable bonds is 2. The molecule has 0 aromatic carbocycles. The largest absolute Gasteiger partial charge is 0.265 e. The van der Waals surface area contributed by atoms with Crippen molar-refractivity contribution in [2.24, 2.45) is 0 Å². The number of allylic oxidation sites excluding steroid dienone is 1. The molecule has 0 amide bonds. The maximum absolute atomic E-state index is 3.78. The summed E-state index contributed by atoms with van der Waals surface area (Å²) in [4.78, 5) is 3.78. The fraction of sp³-hybridized carbons (Fsp3) is 0.222. The molecule has 1 aromatic heterocycles. The van der Waals surface area contributed by atoms with E-state index in [4.69, 9.17) is 0 Å². The van der Waals surface area contributed by atoms with Crippen LogP contribution in [0.3, 0.4) is 0 Å². The van der Waals surface area contributed by atoms with E-state index in [9.17, 15) is 0 Å². The van der Waals surface area contributed by atoms with Gasteiger partial charge in [-0.2, -0.15) is 0 Å². The van der Waals surface area contributed by atoms with Gasteiger partial charge in [-0.3, -0.25) is 4.98 Å². The van der Waals surface area contributed by atoms with Crippen LogP contribution in [0.5, 0.6) is 0 Å². The third-order valence-corrected chi connectivity index (χ3v) is 1.34. The van der Waals surface area contributed by atoms with Gasteiger partial charge in [-0.05, 0) is 18.6 Å². The Labute approximate surface area is 92.8 Å². The van der Waals surface area contributed by atoms with Gasteiger partial charge >= 0.3 is 0 Å². The Hall–Kier alpha value is -0.150. The normalized spacial score (nSPS) is 7.08. The van der Waals surface area contributed by atoms with Gasteiger partial charge in [-0.25, -0.2) is 0 Å². The molecule has 0 aliphatic heterocycles. The standard InChI is InChI=1S/C5H5N.C4H7Br.BrH/c1-2-4-6-5-3-1;1-2-3-4-5;/h1-5H;2H,1,3-4H2;1H. The van der Waals surface area contributed by atoms with Crippen molar-refractivity contribution >= 4 is 32.9 Å². The number of pyridine rings is 1. The Morgan fingerprint density at radius 2 is 1.83 bits per heavy atom. The average Bonchev–Trinajstić information content (AvgIpc) is 2.10. The van der Waals surface area contributed by atoms with Crippen molar-refractivity contribution < 1.29 is 0 Å². The molecule has 0 saturated carbocycles. The van der Waals surface area contributed by atoms with Crippen LogP contribution < -0.4 is 0 Å². The molecular weight excluding hydrogens is 282 g/mol. The summed E-state index contributed by atoms with van der Waals surface area (Å²) in [7, 11) is 0. The molecule has 0 aliphatic carbocycles. The Bertz CT molecular complexity index is 139. The van der Waals surface area contributed by atoms with E-state index in [1.807, 2.05) is 24.3 Å². The lowest BCUT2D eigenvalue weighted by atomic mass is 10.5. The van der Waals surface area contributed by atoms with E-state index in [1.54, 1.807) is 12.4 Å². The molecule has 1 rings (SSSR count). The summed E-state index contributed by atoms with van der Waals surface area (Å²) in [6, 6.07) is 5.72. The fourth-order valence-electron chi connectivity index (χ4n) is 0.390. The number of nitrogens with zero attached hydrogens (tertiary/aromatic N) is 1. The molecule has 1 nitrogen and oxygen atoms in total. The predicted molar refractivity (Wildman–Crippen MR) is 63.2 cm³/mol. The summed E-state index contributed by atoms with van der Waals surface area (Å²) in [6.45, 7) is 3.52. The summed E-state index contributed by atoms with van der Waals surface area (Å²) < 4.78 is 0. The van der Waals surface area contributed by atoms with Crippen molar-refractivity contribution in [3.05, 3.63) is 43.2 Å². The van der Waals surface area contributed by atoms with Gasteiger partial charge in [-0.15, -0.1) is 23.6 Å². The molecule has 1 heterocycles. The van der Waals surface area contributed by atoms with Crippen LogP contribution in [0.2, 0.25) is 0 Å². The molecule has 0 fully saturated rings. The van der Waals surface area contributed by atoms with E-state index in [-0.39, 0.29) is 17.0 Å². The van der Waals surface area contributed by atoms with Crippen LogP contribution in [-0.4, -0.2) is 10.3 Å². The van der Waals surface area contributed by atoms with E-state index in [1.165, 1.54) is 0 Å². The van der Waals surface area contributed by atoms with Gasteiger partial charge in [-0.1, -0.05) is 28.1 Å². The van der Waals surface area contributed by atoms with Crippen LogP contribution in [0.25, 0.3) is 0 Å². The van der Waals surface area contributed by atoms with E-state index >= 15 is 0 Å². The van der Waals surface area contributed by atoms with Gasteiger partial charge in [0.05, 0.1) is 0 Å². The summed E-state index contributed by atoms with van der Waals surface area (Å²) in [5, 5.41) is 1.04. The van der Waals surface area contributed by atoms with E-state index < -0.39 is 0 Å². The minimum absolute atomic E-state index is 0. The second-order valence-electron chi connectivity index (χ2n) is 1.79. The van der Waals surface area contributed by atoms with Crippen molar-refractivity contribution in [2.75, 3.05) is 5.33 Å². The molecule has 0 saturated heterocycles. The first-order chi connectivity index (χ1) is 5.41. The zero-order valence-corrected chi connectivity index (χ0v) is 10.1. The first-order valence-electron chi connectivity index (χ1n) is 3.43. The van der Waals surface area contributed by atoms with Gasteiger partial charge in [0.25, 0.3) is 0 Å². The van der Waals surface area contributed by atoms with Gasteiger partial charge < -0.3 is 0 Å². The lowest BCUT2D eigenvalue weighted by molar-refractivity contribution is 1.27. The summed E-state index contributed by atoms with van der Waals surface area (Å²) in [6.07, 6.45) is 6.45. The Morgan fingerprint density at radius 3 is 1.92 bits per heavy atom. The van der Waals surface area contributed by atoms with Crippen molar-refractivity contribution in [3.8, 4) is 0 Å². The first kappa shape index (κ1) is 14.4. The average molecular weight is 295 g/mol. The fourth-order valence-corrected chi connectivity index (χ4v) is 0.713. The molecule has 0 spiro atoms. The van der Waals surface area contributed by atoms with Crippen LogP contribution in [0.4, 0.5) is 0 Å². The molecule has 0 bridgehead atoms. The minimum Gasteiger partial charge on any atom is -0.265 e. The molecule has 0 radical (unpaired) electrons. The molecule has 1 aromatic rings. The summed E-state index contributed by atoms with van der Waals surface area (Å²) >= 11 is 3.24. The molecule has 3 heteroatoms. The molecular formula is C9H13Br2N. The molecule has 0 atom stereocenters. The first-order valence-corrected chi connectivity index (χ1v) is 4.55. The van der Waals surface area contributed by atoms with Gasteiger partial charge in [0.1, 0.15) is 0 Å². The quantitative estimate of drug-likeness (QED) is 0.600. The second-order valence-corrected chi connectivity index (χ2v) is 2.58. The maximum Gasteiger partial charge on any atom is 0.0267 e. The second kappa shape index (κ2) is 13.4. The zero-order valence-electron chi connectivity index (χ0n) is 6.82. The number of halogens is 2. The maximum atomic E-state index is 3.78. The number of alkyl halides is 1. The number of hydrogen-bond acceptors (Lipinski definition) is 1. The molecule has 68 valence electrons. The third kappa shape index (κ3) is 12.5. The van der Waals surface area contributed by atoms with E-state index in [0.717, 1.165) is 11.8 Å². The minimum atomic E-state index is 0. The van der Waals surface area contributed by atoms with Crippen molar-refractivity contribution in [1.29, 1.82) is 0 Å². The van der Waals surface area contributed by atoms with Crippen molar-refractivity contribution in [2.45, 2.75) is 6.42 Å². The smallest absolute Gasteiger partial charge is 0.0267 e.